The van der Waals surface area contributed by atoms with E-state index in [1.165, 1.54) is 5.56 Å². The molecule has 0 unspecified atom stereocenters. The second-order valence-corrected chi connectivity index (χ2v) is 5.26. The number of rotatable bonds is 5. The Bertz CT molecular complexity index is 350. The smallest absolute Gasteiger partial charge is 0.137 e. The van der Waals surface area contributed by atoms with Crippen molar-refractivity contribution >= 4 is 11.6 Å². The van der Waals surface area contributed by atoms with Crippen LogP contribution in [0.25, 0.3) is 0 Å². The molecule has 0 aliphatic heterocycles. The van der Waals surface area contributed by atoms with Crippen LogP contribution < -0.4 is 10.5 Å². The van der Waals surface area contributed by atoms with Crippen molar-refractivity contribution in [2.24, 2.45) is 11.1 Å². The molecule has 1 rings (SSSR count). The quantitative estimate of drug-likeness (QED) is 0.859. The highest BCUT2D eigenvalue weighted by Crippen LogP contribution is 2.30. The lowest BCUT2D eigenvalue weighted by Crippen LogP contribution is -2.19. The zero-order valence-corrected chi connectivity index (χ0v) is 11.0. The molecule has 3 heteroatoms. The number of nitrogens with two attached hydrogens (primary N) is 1. The van der Waals surface area contributed by atoms with E-state index in [-0.39, 0.29) is 5.41 Å². The second kappa shape index (κ2) is 5.55. The second-order valence-electron chi connectivity index (χ2n) is 4.85. The summed E-state index contributed by atoms with van der Waals surface area (Å²) in [5.41, 5.74) is 7.04. The molecule has 0 bridgehead atoms. The van der Waals surface area contributed by atoms with Crippen molar-refractivity contribution in [2.45, 2.75) is 26.7 Å². The zero-order valence-electron chi connectivity index (χ0n) is 10.2. The Hall–Kier alpha value is -0.730. The third-order valence-corrected chi connectivity index (χ3v) is 3.02. The summed E-state index contributed by atoms with van der Waals surface area (Å²) in [6.07, 6.45) is 1.99. The van der Waals surface area contributed by atoms with Crippen LogP contribution in [0.2, 0.25) is 5.02 Å². The first-order valence-electron chi connectivity index (χ1n) is 5.51. The van der Waals surface area contributed by atoms with Crippen LogP contribution in [0.1, 0.15) is 25.8 Å². The van der Waals surface area contributed by atoms with E-state index in [0.29, 0.717) is 5.02 Å². The van der Waals surface area contributed by atoms with Crippen molar-refractivity contribution in [1.82, 2.24) is 0 Å². The maximum Gasteiger partial charge on any atom is 0.137 e. The molecule has 1 aromatic carbocycles. The van der Waals surface area contributed by atoms with Crippen molar-refractivity contribution in [2.75, 3.05) is 13.7 Å². The molecule has 0 spiro atoms. The van der Waals surface area contributed by atoms with Crippen LogP contribution in [0.4, 0.5) is 0 Å². The SMILES string of the molecule is COc1ccc(CC(C)(C)CCN)cc1Cl. The van der Waals surface area contributed by atoms with E-state index >= 15 is 0 Å². The predicted octanol–water partition coefficient (Wildman–Crippen LogP) is 3.27. The fourth-order valence-corrected chi connectivity index (χ4v) is 2.13. The molecule has 0 saturated carbocycles. The number of methoxy groups -OCH3 is 1. The third kappa shape index (κ3) is 3.69. The standard InChI is InChI=1S/C13H20ClNO/c1-13(2,6-7-15)9-10-4-5-12(16-3)11(14)8-10/h4-5,8H,6-7,9,15H2,1-3H3. The Morgan fingerprint density at radius 2 is 2.06 bits per heavy atom. The molecule has 0 radical (unpaired) electrons. The van der Waals surface area contributed by atoms with Crippen LogP contribution >= 0.6 is 11.6 Å². The molecule has 90 valence electrons. The van der Waals surface area contributed by atoms with Gasteiger partial charge in [0.1, 0.15) is 5.75 Å². The third-order valence-electron chi connectivity index (χ3n) is 2.72. The number of halogens is 1. The van der Waals surface area contributed by atoms with E-state index < -0.39 is 0 Å². The van der Waals surface area contributed by atoms with Gasteiger partial charge in [-0.05, 0) is 42.5 Å². The number of ether oxygens (including phenoxy) is 1. The van der Waals surface area contributed by atoms with Gasteiger partial charge in [0.05, 0.1) is 12.1 Å². The topological polar surface area (TPSA) is 35.2 Å². The van der Waals surface area contributed by atoms with Gasteiger partial charge < -0.3 is 10.5 Å². The van der Waals surface area contributed by atoms with E-state index in [9.17, 15) is 0 Å². The Morgan fingerprint density at radius 3 is 2.56 bits per heavy atom. The molecule has 0 atom stereocenters. The summed E-state index contributed by atoms with van der Waals surface area (Å²) in [7, 11) is 1.62. The van der Waals surface area contributed by atoms with Crippen LogP contribution in [-0.2, 0) is 6.42 Å². The van der Waals surface area contributed by atoms with Gasteiger partial charge in [-0.15, -0.1) is 0 Å². The van der Waals surface area contributed by atoms with Gasteiger partial charge in [0, 0.05) is 0 Å². The van der Waals surface area contributed by atoms with Crippen molar-refractivity contribution < 1.29 is 4.74 Å². The molecule has 0 aliphatic rings. The first kappa shape index (κ1) is 13.3. The molecule has 16 heavy (non-hydrogen) atoms. The van der Waals surface area contributed by atoms with Crippen LogP contribution in [0.5, 0.6) is 5.75 Å². The minimum atomic E-state index is 0.215. The highest BCUT2D eigenvalue weighted by Gasteiger charge is 2.17. The first-order valence-corrected chi connectivity index (χ1v) is 5.89. The van der Waals surface area contributed by atoms with Crippen LogP contribution in [0.3, 0.4) is 0 Å². The molecule has 2 N–H and O–H groups in total. The van der Waals surface area contributed by atoms with Crippen molar-refractivity contribution in [3.63, 3.8) is 0 Å². The van der Waals surface area contributed by atoms with Gasteiger partial charge in [-0.1, -0.05) is 31.5 Å². The zero-order chi connectivity index (χ0) is 12.2. The van der Waals surface area contributed by atoms with Crippen molar-refractivity contribution in [3.8, 4) is 5.75 Å². The Morgan fingerprint density at radius 1 is 1.38 bits per heavy atom. The highest BCUT2D eigenvalue weighted by atomic mass is 35.5. The summed E-state index contributed by atoms with van der Waals surface area (Å²) in [4.78, 5) is 0. The molecule has 0 aromatic heterocycles. The van der Waals surface area contributed by atoms with E-state index in [1.807, 2.05) is 12.1 Å². The summed E-state index contributed by atoms with van der Waals surface area (Å²) in [5, 5.41) is 0.670. The van der Waals surface area contributed by atoms with Gasteiger partial charge in [0.25, 0.3) is 0 Å². The predicted molar refractivity (Wildman–Crippen MR) is 69.2 cm³/mol. The number of hydrogen-bond donors (Lipinski definition) is 1. The first-order chi connectivity index (χ1) is 7.48. The Labute approximate surface area is 103 Å². The summed E-state index contributed by atoms with van der Waals surface area (Å²) in [5.74, 6) is 0.724. The maximum atomic E-state index is 6.09. The molecule has 1 aromatic rings. The van der Waals surface area contributed by atoms with Crippen LogP contribution in [-0.4, -0.2) is 13.7 Å². The molecular formula is C13H20ClNO. The maximum absolute atomic E-state index is 6.09. The average Bonchev–Trinajstić information content (AvgIpc) is 2.17. The minimum absolute atomic E-state index is 0.215. The summed E-state index contributed by atoms with van der Waals surface area (Å²) in [6.45, 7) is 5.16. The van der Waals surface area contributed by atoms with Gasteiger partial charge in [-0.3, -0.25) is 0 Å². The lowest BCUT2D eigenvalue weighted by molar-refractivity contribution is 0.338. The molecule has 0 heterocycles. The largest absolute Gasteiger partial charge is 0.495 e. The van der Waals surface area contributed by atoms with Gasteiger partial charge in [0.15, 0.2) is 0 Å². The Balaban J connectivity index is 2.78. The number of benzene rings is 1. The van der Waals surface area contributed by atoms with Gasteiger partial charge in [0.2, 0.25) is 0 Å². The van der Waals surface area contributed by atoms with E-state index in [1.54, 1.807) is 7.11 Å². The van der Waals surface area contributed by atoms with Crippen molar-refractivity contribution in [3.05, 3.63) is 28.8 Å². The van der Waals surface area contributed by atoms with Gasteiger partial charge in [-0.2, -0.15) is 0 Å². The highest BCUT2D eigenvalue weighted by molar-refractivity contribution is 6.32. The van der Waals surface area contributed by atoms with E-state index in [0.717, 1.165) is 25.1 Å². The molecule has 0 amide bonds. The fraction of sp³-hybridized carbons (Fsp3) is 0.538. The molecule has 0 aliphatic carbocycles. The average molecular weight is 242 g/mol. The molecule has 0 fully saturated rings. The molecule has 0 saturated heterocycles. The minimum Gasteiger partial charge on any atom is -0.495 e. The van der Waals surface area contributed by atoms with Gasteiger partial charge >= 0.3 is 0 Å². The van der Waals surface area contributed by atoms with Crippen LogP contribution in [0.15, 0.2) is 18.2 Å². The molecular weight excluding hydrogens is 222 g/mol. The summed E-state index contributed by atoms with van der Waals surface area (Å²) >= 11 is 6.09. The van der Waals surface area contributed by atoms with Crippen LogP contribution in [0, 0.1) is 5.41 Å². The van der Waals surface area contributed by atoms with Crippen molar-refractivity contribution in [1.29, 1.82) is 0 Å². The number of hydrogen-bond acceptors (Lipinski definition) is 2. The lowest BCUT2D eigenvalue weighted by Gasteiger charge is -2.24. The monoisotopic (exact) mass is 241 g/mol. The van der Waals surface area contributed by atoms with Gasteiger partial charge in [-0.25, -0.2) is 0 Å². The lowest BCUT2D eigenvalue weighted by atomic mass is 9.83. The van der Waals surface area contributed by atoms with E-state index in [2.05, 4.69) is 19.9 Å². The summed E-state index contributed by atoms with van der Waals surface area (Å²) in [6, 6.07) is 5.94. The molecule has 2 nitrogen and oxygen atoms in total. The van der Waals surface area contributed by atoms with E-state index in [4.69, 9.17) is 22.1 Å². The normalized spacial score (nSPS) is 11.6. The Kier molecular flexibility index (Phi) is 4.63. The fourth-order valence-electron chi connectivity index (χ4n) is 1.85. The summed E-state index contributed by atoms with van der Waals surface area (Å²) < 4.78 is 5.13.